The lowest BCUT2D eigenvalue weighted by Crippen LogP contribution is -2.19. The molecule has 4 heteroatoms. The van der Waals surface area contributed by atoms with Gasteiger partial charge in [0.25, 0.3) is 0 Å². The van der Waals surface area contributed by atoms with E-state index < -0.39 is 0 Å². The first-order valence-corrected chi connectivity index (χ1v) is 7.76. The van der Waals surface area contributed by atoms with Gasteiger partial charge in [-0.3, -0.25) is 4.79 Å². The smallest absolute Gasteiger partial charge is 0.169 e. The number of nitrogens with one attached hydrogen (secondary N) is 1. The minimum Gasteiger partial charge on any atom is -0.396 e. The van der Waals surface area contributed by atoms with Crippen molar-refractivity contribution < 1.29 is 4.79 Å². The number of carbonyl (C=O) groups excluding carboxylic acids is 1. The number of halogens is 1. The molecule has 1 aromatic carbocycles. The third-order valence-corrected chi connectivity index (χ3v) is 4.51. The van der Waals surface area contributed by atoms with Crippen LogP contribution in [0.4, 0.5) is 5.69 Å². The number of hydrogen-bond donors (Lipinski definition) is 2. The van der Waals surface area contributed by atoms with E-state index in [1.165, 1.54) is 6.42 Å². The maximum atomic E-state index is 12.8. The highest BCUT2D eigenvalue weighted by molar-refractivity contribution is 6.06. The number of aromatic amines is 1. The van der Waals surface area contributed by atoms with E-state index in [-0.39, 0.29) is 24.1 Å². The second kappa shape index (κ2) is 7.01. The minimum absolute atomic E-state index is 0. The van der Waals surface area contributed by atoms with Crippen molar-refractivity contribution in [1.82, 2.24) is 4.98 Å². The molecule has 0 aliphatic heterocycles. The van der Waals surface area contributed by atoms with Crippen molar-refractivity contribution in [3.05, 3.63) is 41.6 Å². The van der Waals surface area contributed by atoms with Gasteiger partial charge >= 0.3 is 0 Å². The van der Waals surface area contributed by atoms with Gasteiger partial charge in [0, 0.05) is 17.2 Å². The molecule has 1 fully saturated rings. The summed E-state index contributed by atoms with van der Waals surface area (Å²) in [6.45, 7) is 1.94. The SMILES string of the molecule is Cc1[nH]c(-c2ccccc2)c(N)c1C(=O)C1CCCCC1.Cl. The molecule has 1 heterocycles. The number of H-pyrrole nitrogens is 1. The van der Waals surface area contributed by atoms with E-state index in [0.717, 1.165) is 42.6 Å². The summed E-state index contributed by atoms with van der Waals surface area (Å²) in [6.07, 6.45) is 5.57. The molecule has 2 aromatic rings. The van der Waals surface area contributed by atoms with E-state index in [0.29, 0.717) is 11.3 Å². The number of rotatable bonds is 3. The molecule has 118 valence electrons. The third-order valence-electron chi connectivity index (χ3n) is 4.51. The van der Waals surface area contributed by atoms with Gasteiger partial charge in [-0.05, 0) is 19.8 Å². The number of Topliss-reactive ketones (excluding diaryl/α,β-unsaturated/α-hetero) is 1. The van der Waals surface area contributed by atoms with Gasteiger partial charge in [0.1, 0.15) is 0 Å². The third kappa shape index (κ3) is 3.05. The number of nitrogen functional groups attached to an aromatic ring is 1. The normalized spacial score (nSPS) is 15.3. The molecule has 1 aromatic heterocycles. The van der Waals surface area contributed by atoms with Gasteiger partial charge in [0.15, 0.2) is 5.78 Å². The topological polar surface area (TPSA) is 58.9 Å². The molecular weight excluding hydrogens is 296 g/mol. The minimum atomic E-state index is 0. The highest BCUT2D eigenvalue weighted by atomic mass is 35.5. The molecule has 1 aliphatic carbocycles. The average Bonchev–Trinajstić information content (AvgIpc) is 2.83. The molecule has 0 spiro atoms. The van der Waals surface area contributed by atoms with Crippen molar-refractivity contribution in [2.45, 2.75) is 39.0 Å². The lowest BCUT2D eigenvalue weighted by atomic mass is 9.83. The lowest BCUT2D eigenvalue weighted by Gasteiger charge is -2.20. The summed E-state index contributed by atoms with van der Waals surface area (Å²) in [6, 6.07) is 9.96. The van der Waals surface area contributed by atoms with Crippen molar-refractivity contribution in [3.63, 3.8) is 0 Å². The predicted octanol–water partition coefficient (Wildman–Crippen LogP) is 4.76. The maximum Gasteiger partial charge on any atom is 0.169 e. The van der Waals surface area contributed by atoms with Crippen molar-refractivity contribution >= 4 is 23.9 Å². The Kier molecular flexibility index (Phi) is 5.30. The number of aryl methyl sites for hydroxylation is 1. The van der Waals surface area contributed by atoms with Gasteiger partial charge in [-0.15, -0.1) is 12.4 Å². The Hall–Kier alpha value is -1.74. The Morgan fingerprint density at radius 2 is 1.77 bits per heavy atom. The Labute approximate surface area is 137 Å². The van der Waals surface area contributed by atoms with Gasteiger partial charge in [-0.1, -0.05) is 49.6 Å². The summed E-state index contributed by atoms with van der Waals surface area (Å²) in [5.74, 6) is 0.377. The lowest BCUT2D eigenvalue weighted by molar-refractivity contribution is 0.0890. The summed E-state index contributed by atoms with van der Waals surface area (Å²) < 4.78 is 0. The second-order valence-corrected chi connectivity index (χ2v) is 5.98. The molecule has 3 N–H and O–H groups in total. The molecule has 0 atom stereocenters. The van der Waals surface area contributed by atoms with Gasteiger partial charge in [0.2, 0.25) is 0 Å². The highest BCUT2D eigenvalue weighted by Crippen LogP contribution is 2.35. The van der Waals surface area contributed by atoms with Gasteiger partial charge in [-0.25, -0.2) is 0 Å². The molecule has 1 saturated carbocycles. The predicted molar refractivity (Wildman–Crippen MR) is 93.5 cm³/mol. The molecule has 0 unspecified atom stereocenters. The Bertz CT molecular complexity index is 643. The summed E-state index contributed by atoms with van der Waals surface area (Å²) in [5, 5.41) is 0. The molecule has 0 radical (unpaired) electrons. The average molecular weight is 319 g/mol. The summed E-state index contributed by atoms with van der Waals surface area (Å²) >= 11 is 0. The molecular formula is C18H23ClN2O. The number of benzene rings is 1. The first kappa shape index (κ1) is 16.6. The van der Waals surface area contributed by atoms with Crippen molar-refractivity contribution in [2.75, 3.05) is 5.73 Å². The molecule has 0 amide bonds. The number of nitrogens with two attached hydrogens (primary N) is 1. The van der Waals surface area contributed by atoms with Crippen LogP contribution in [0, 0.1) is 12.8 Å². The number of anilines is 1. The molecule has 0 bridgehead atoms. The van der Waals surface area contributed by atoms with E-state index in [4.69, 9.17) is 5.73 Å². The number of carbonyl (C=O) groups is 1. The monoisotopic (exact) mass is 318 g/mol. The standard InChI is InChI=1S/C18H22N2O.ClH/c1-12-15(18(21)14-10-6-3-7-11-14)16(19)17(20-12)13-8-4-2-5-9-13;/h2,4-5,8-9,14,20H,3,6-7,10-11,19H2,1H3;1H. The van der Waals surface area contributed by atoms with E-state index in [9.17, 15) is 4.79 Å². The number of aromatic nitrogens is 1. The fourth-order valence-corrected chi connectivity index (χ4v) is 3.36. The number of ketones is 1. The molecule has 1 aliphatic rings. The molecule has 0 saturated heterocycles. The van der Waals surface area contributed by atoms with Crippen LogP contribution in [0.1, 0.15) is 48.2 Å². The zero-order chi connectivity index (χ0) is 14.8. The van der Waals surface area contributed by atoms with Crippen LogP contribution in [-0.4, -0.2) is 10.8 Å². The number of hydrogen-bond acceptors (Lipinski definition) is 2. The van der Waals surface area contributed by atoms with Crippen LogP contribution in [0.25, 0.3) is 11.3 Å². The largest absolute Gasteiger partial charge is 0.396 e. The van der Waals surface area contributed by atoms with Crippen LogP contribution in [0.2, 0.25) is 0 Å². The highest BCUT2D eigenvalue weighted by Gasteiger charge is 2.27. The zero-order valence-corrected chi connectivity index (χ0v) is 13.7. The van der Waals surface area contributed by atoms with Crippen molar-refractivity contribution in [3.8, 4) is 11.3 Å². The quantitative estimate of drug-likeness (QED) is 0.802. The first-order chi connectivity index (χ1) is 10.2. The molecule has 22 heavy (non-hydrogen) atoms. The Balaban J connectivity index is 0.00000176. The second-order valence-electron chi connectivity index (χ2n) is 5.98. The summed E-state index contributed by atoms with van der Waals surface area (Å²) in [4.78, 5) is 16.1. The van der Waals surface area contributed by atoms with E-state index >= 15 is 0 Å². The molecule has 3 rings (SSSR count). The summed E-state index contributed by atoms with van der Waals surface area (Å²) in [5.41, 5.74) is 10.4. The van der Waals surface area contributed by atoms with Crippen LogP contribution in [0.3, 0.4) is 0 Å². The van der Waals surface area contributed by atoms with Gasteiger partial charge in [-0.2, -0.15) is 0 Å². The van der Waals surface area contributed by atoms with Crippen LogP contribution < -0.4 is 5.73 Å². The fourth-order valence-electron chi connectivity index (χ4n) is 3.36. The van der Waals surface area contributed by atoms with Crippen molar-refractivity contribution in [1.29, 1.82) is 0 Å². The van der Waals surface area contributed by atoms with E-state index in [1.54, 1.807) is 0 Å². The maximum absolute atomic E-state index is 12.8. The van der Waals surface area contributed by atoms with Crippen molar-refractivity contribution in [2.24, 2.45) is 5.92 Å². The van der Waals surface area contributed by atoms with Crippen LogP contribution >= 0.6 is 12.4 Å². The van der Waals surface area contributed by atoms with Gasteiger partial charge < -0.3 is 10.7 Å². The van der Waals surface area contributed by atoms with Crippen LogP contribution in [0.5, 0.6) is 0 Å². The van der Waals surface area contributed by atoms with Crippen LogP contribution in [-0.2, 0) is 0 Å². The Morgan fingerprint density at radius 1 is 1.14 bits per heavy atom. The van der Waals surface area contributed by atoms with Gasteiger partial charge in [0.05, 0.1) is 16.9 Å². The fraction of sp³-hybridized carbons (Fsp3) is 0.389. The van der Waals surface area contributed by atoms with Crippen LogP contribution in [0.15, 0.2) is 30.3 Å². The zero-order valence-electron chi connectivity index (χ0n) is 12.9. The van der Waals surface area contributed by atoms with E-state index in [2.05, 4.69) is 4.98 Å². The van der Waals surface area contributed by atoms with E-state index in [1.807, 2.05) is 37.3 Å². The first-order valence-electron chi connectivity index (χ1n) is 7.76. The summed E-state index contributed by atoms with van der Waals surface area (Å²) in [7, 11) is 0. The Morgan fingerprint density at radius 3 is 2.41 bits per heavy atom. The molecule has 3 nitrogen and oxygen atoms in total.